The molecule has 4 aliphatic carbocycles. The van der Waals surface area contributed by atoms with Crippen molar-refractivity contribution >= 4 is 5.97 Å². The van der Waals surface area contributed by atoms with Gasteiger partial charge in [0.2, 0.25) is 0 Å². The minimum atomic E-state index is -0.0745. The number of nitrogens with zero attached hydrogens (tertiary/aromatic N) is 2. The number of hydrogen-bond donors (Lipinski definition) is 0. The first-order chi connectivity index (χ1) is 16.4. The number of likely N-dealkylation sites (tertiary alicyclic amines) is 1. The molecule has 2 aliphatic heterocycles. The average molecular weight is 473 g/mol. The molecular formula is C29H48N2O3. The molecule has 6 aliphatic rings. The lowest BCUT2D eigenvalue weighted by Gasteiger charge is -2.61. The van der Waals surface area contributed by atoms with E-state index in [1.54, 1.807) is 6.92 Å². The maximum Gasteiger partial charge on any atom is 0.302 e. The van der Waals surface area contributed by atoms with Crippen LogP contribution in [-0.2, 0) is 14.3 Å². The summed E-state index contributed by atoms with van der Waals surface area (Å²) in [5, 5.41) is 0. The van der Waals surface area contributed by atoms with Gasteiger partial charge in [0.15, 0.2) is 0 Å². The molecule has 0 N–H and O–H groups in total. The number of ether oxygens (including phenoxy) is 2. The Bertz CT molecular complexity index is 762. The molecule has 9 atom stereocenters. The monoisotopic (exact) mass is 472 g/mol. The molecule has 0 spiro atoms. The van der Waals surface area contributed by atoms with Crippen LogP contribution >= 0.6 is 0 Å². The quantitative estimate of drug-likeness (QED) is 0.555. The normalized spacial score (nSPS) is 49.8. The Morgan fingerprint density at radius 3 is 2.35 bits per heavy atom. The molecule has 0 aromatic rings. The van der Waals surface area contributed by atoms with Crippen LogP contribution in [0.1, 0.15) is 85.0 Å². The Morgan fingerprint density at radius 1 is 0.882 bits per heavy atom. The van der Waals surface area contributed by atoms with Crippen molar-refractivity contribution < 1.29 is 14.3 Å². The van der Waals surface area contributed by atoms with Crippen LogP contribution in [0, 0.1) is 34.5 Å². The highest BCUT2D eigenvalue weighted by molar-refractivity contribution is 5.66. The van der Waals surface area contributed by atoms with Crippen molar-refractivity contribution in [3.05, 3.63) is 0 Å². The molecule has 34 heavy (non-hydrogen) atoms. The molecule has 5 nitrogen and oxygen atoms in total. The van der Waals surface area contributed by atoms with E-state index in [-0.39, 0.29) is 17.5 Å². The summed E-state index contributed by atoms with van der Waals surface area (Å²) in [5.74, 6) is 3.21. The topological polar surface area (TPSA) is 42.0 Å². The summed E-state index contributed by atoms with van der Waals surface area (Å²) in [7, 11) is 0. The molecule has 2 saturated heterocycles. The van der Waals surface area contributed by atoms with Crippen molar-refractivity contribution in [2.24, 2.45) is 34.5 Å². The van der Waals surface area contributed by atoms with Crippen LogP contribution in [-0.4, -0.2) is 73.3 Å². The molecule has 0 radical (unpaired) electrons. The largest absolute Gasteiger partial charge is 0.460 e. The SMILES string of the molecule is CC(=O)OC1C(N2CCCC2)CC2C3CC[C@H]4CCC(N5CCOCC5)CC4(C)C3CCC21C. The molecule has 0 amide bonds. The highest BCUT2D eigenvalue weighted by Crippen LogP contribution is 2.67. The van der Waals surface area contributed by atoms with E-state index in [1.165, 1.54) is 77.3 Å². The highest BCUT2D eigenvalue weighted by Gasteiger charge is 2.64. The molecule has 192 valence electrons. The van der Waals surface area contributed by atoms with Gasteiger partial charge in [0.05, 0.1) is 13.2 Å². The van der Waals surface area contributed by atoms with Gasteiger partial charge in [-0.1, -0.05) is 13.8 Å². The van der Waals surface area contributed by atoms with E-state index >= 15 is 0 Å². The second kappa shape index (κ2) is 9.03. The fourth-order valence-corrected chi connectivity index (χ4v) is 10.4. The van der Waals surface area contributed by atoms with Crippen molar-refractivity contribution in [2.45, 2.75) is 103 Å². The molecule has 6 rings (SSSR count). The van der Waals surface area contributed by atoms with Crippen molar-refractivity contribution in [3.8, 4) is 0 Å². The molecule has 8 unspecified atom stereocenters. The summed E-state index contributed by atoms with van der Waals surface area (Å²) in [5.41, 5.74) is 0.635. The van der Waals surface area contributed by atoms with Gasteiger partial charge < -0.3 is 9.47 Å². The van der Waals surface area contributed by atoms with Gasteiger partial charge in [0, 0.05) is 37.5 Å². The van der Waals surface area contributed by atoms with Crippen LogP contribution in [0.25, 0.3) is 0 Å². The van der Waals surface area contributed by atoms with E-state index in [1.807, 2.05) is 0 Å². The van der Waals surface area contributed by atoms with Crippen LogP contribution in [0.5, 0.6) is 0 Å². The van der Waals surface area contributed by atoms with Crippen molar-refractivity contribution in [1.82, 2.24) is 9.80 Å². The second-order valence-electron chi connectivity index (χ2n) is 13.4. The number of esters is 1. The third-order valence-corrected chi connectivity index (χ3v) is 12.0. The zero-order valence-corrected chi connectivity index (χ0v) is 22.0. The second-order valence-corrected chi connectivity index (χ2v) is 13.4. The Kier molecular flexibility index (Phi) is 6.30. The fraction of sp³-hybridized carbons (Fsp3) is 0.966. The van der Waals surface area contributed by atoms with E-state index in [2.05, 4.69) is 23.6 Å². The Morgan fingerprint density at radius 2 is 1.62 bits per heavy atom. The Labute approximate surface area is 207 Å². The maximum absolute atomic E-state index is 12.2. The van der Waals surface area contributed by atoms with E-state index < -0.39 is 0 Å². The number of fused-ring (bicyclic) bond motifs is 5. The first-order valence-electron chi connectivity index (χ1n) is 14.6. The summed E-state index contributed by atoms with van der Waals surface area (Å²) in [6, 6.07) is 1.20. The summed E-state index contributed by atoms with van der Waals surface area (Å²) in [4.78, 5) is 17.7. The molecule has 0 bridgehead atoms. The number of morpholine rings is 1. The van der Waals surface area contributed by atoms with Gasteiger partial charge in [0.1, 0.15) is 6.10 Å². The molecule has 2 heterocycles. The maximum atomic E-state index is 12.2. The van der Waals surface area contributed by atoms with Gasteiger partial charge in [-0.05, 0) is 106 Å². The molecule has 0 aromatic heterocycles. The van der Waals surface area contributed by atoms with Crippen LogP contribution in [0.15, 0.2) is 0 Å². The average Bonchev–Trinajstić information content (AvgIpc) is 3.45. The summed E-state index contributed by atoms with van der Waals surface area (Å²) >= 11 is 0. The Hall–Kier alpha value is -0.650. The van der Waals surface area contributed by atoms with E-state index in [0.29, 0.717) is 17.4 Å². The van der Waals surface area contributed by atoms with Gasteiger partial charge in [-0.15, -0.1) is 0 Å². The summed E-state index contributed by atoms with van der Waals surface area (Å²) in [6.45, 7) is 13.3. The zero-order chi connectivity index (χ0) is 23.5. The van der Waals surface area contributed by atoms with Gasteiger partial charge in [-0.3, -0.25) is 14.6 Å². The number of rotatable bonds is 3. The van der Waals surface area contributed by atoms with Crippen LogP contribution in [0.2, 0.25) is 0 Å². The molecule has 6 fully saturated rings. The minimum absolute atomic E-state index is 0.0745. The Balaban J connectivity index is 1.26. The third-order valence-electron chi connectivity index (χ3n) is 12.0. The van der Waals surface area contributed by atoms with E-state index in [0.717, 1.165) is 50.1 Å². The lowest BCUT2D eigenvalue weighted by molar-refractivity contribution is -0.166. The molecular weight excluding hydrogens is 424 g/mol. The first kappa shape index (κ1) is 23.7. The smallest absolute Gasteiger partial charge is 0.302 e. The lowest BCUT2D eigenvalue weighted by atomic mass is 9.45. The number of carbonyl (C=O) groups is 1. The van der Waals surface area contributed by atoms with Crippen molar-refractivity contribution in [3.63, 3.8) is 0 Å². The third kappa shape index (κ3) is 3.78. The lowest BCUT2D eigenvalue weighted by Crippen LogP contribution is -2.57. The van der Waals surface area contributed by atoms with Crippen LogP contribution in [0.4, 0.5) is 0 Å². The van der Waals surface area contributed by atoms with Crippen molar-refractivity contribution in [1.29, 1.82) is 0 Å². The van der Waals surface area contributed by atoms with Gasteiger partial charge >= 0.3 is 5.97 Å². The van der Waals surface area contributed by atoms with Gasteiger partial charge in [-0.25, -0.2) is 0 Å². The highest BCUT2D eigenvalue weighted by atomic mass is 16.5. The zero-order valence-electron chi connectivity index (χ0n) is 22.0. The predicted octanol–water partition coefficient (Wildman–Crippen LogP) is 4.74. The van der Waals surface area contributed by atoms with Crippen LogP contribution < -0.4 is 0 Å². The van der Waals surface area contributed by atoms with E-state index in [4.69, 9.17) is 9.47 Å². The van der Waals surface area contributed by atoms with Crippen molar-refractivity contribution in [2.75, 3.05) is 39.4 Å². The first-order valence-corrected chi connectivity index (χ1v) is 14.6. The minimum Gasteiger partial charge on any atom is -0.460 e. The number of carbonyl (C=O) groups excluding carboxylic acids is 1. The molecule has 5 heteroatoms. The van der Waals surface area contributed by atoms with Gasteiger partial charge in [0.25, 0.3) is 0 Å². The fourth-order valence-electron chi connectivity index (χ4n) is 10.4. The van der Waals surface area contributed by atoms with E-state index in [9.17, 15) is 4.79 Å². The standard InChI is InChI=1S/C29H48N2O3/c1-20(32)34-27-26(31-12-4-5-13-31)18-25-23-9-7-21-6-8-22(30-14-16-33-17-15-30)19-29(21,3)24(23)10-11-28(25,27)2/h21-27H,4-19H2,1-3H3/t21-,22?,23?,24?,25?,26?,27?,28?,29?/m1/s1. The predicted molar refractivity (Wildman–Crippen MR) is 133 cm³/mol. The number of hydrogen-bond acceptors (Lipinski definition) is 5. The van der Waals surface area contributed by atoms with Gasteiger partial charge in [-0.2, -0.15) is 0 Å². The molecule has 4 saturated carbocycles. The summed E-state index contributed by atoms with van der Waals surface area (Å²) in [6.07, 6.45) is 13.6. The summed E-state index contributed by atoms with van der Waals surface area (Å²) < 4.78 is 11.9. The molecule has 0 aromatic carbocycles. The van der Waals surface area contributed by atoms with Crippen LogP contribution in [0.3, 0.4) is 0 Å².